The molecule has 6 heteroatoms. The SMILES string of the molecule is CC1(O)CCCN(C(=O)c2ccc(NN)nc2)C1. The van der Waals surface area contributed by atoms with Crippen LogP contribution in [0.15, 0.2) is 18.3 Å². The number of hydrogen-bond acceptors (Lipinski definition) is 5. The van der Waals surface area contributed by atoms with E-state index in [2.05, 4.69) is 10.4 Å². The van der Waals surface area contributed by atoms with Crippen molar-refractivity contribution >= 4 is 11.7 Å². The zero-order chi connectivity index (χ0) is 13.2. The monoisotopic (exact) mass is 250 g/mol. The number of pyridine rings is 1. The van der Waals surface area contributed by atoms with Crippen LogP contribution in [0.5, 0.6) is 0 Å². The zero-order valence-electron chi connectivity index (χ0n) is 10.4. The number of nitrogens with zero attached hydrogens (tertiary/aromatic N) is 2. The third kappa shape index (κ3) is 2.77. The van der Waals surface area contributed by atoms with Crippen LogP contribution in [0.25, 0.3) is 0 Å². The lowest BCUT2D eigenvalue weighted by molar-refractivity contribution is -0.0107. The molecule has 1 aromatic rings. The van der Waals surface area contributed by atoms with Crippen LogP contribution in [0.2, 0.25) is 0 Å². The summed E-state index contributed by atoms with van der Waals surface area (Å²) >= 11 is 0. The topological polar surface area (TPSA) is 91.5 Å². The van der Waals surface area contributed by atoms with Crippen molar-refractivity contribution in [2.45, 2.75) is 25.4 Å². The van der Waals surface area contributed by atoms with Gasteiger partial charge in [-0.3, -0.25) is 4.79 Å². The van der Waals surface area contributed by atoms with Crippen molar-refractivity contribution in [2.24, 2.45) is 5.84 Å². The first kappa shape index (κ1) is 12.8. The van der Waals surface area contributed by atoms with Gasteiger partial charge in [0, 0.05) is 19.3 Å². The molecule has 6 nitrogen and oxygen atoms in total. The van der Waals surface area contributed by atoms with Gasteiger partial charge in [-0.1, -0.05) is 0 Å². The fraction of sp³-hybridized carbons (Fsp3) is 0.500. The van der Waals surface area contributed by atoms with Crippen molar-refractivity contribution in [2.75, 3.05) is 18.5 Å². The number of carbonyl (C=O) groups excluding carboxylic acids is 1. The van der Waals surface area contributed by atoms with Gasteiger partial charge in [0.05, 0.1) is 11.2 Å². The molecule has 1 unspecified atom stereocenters. The number of β-amino-alcohol motifs (C(OH)–C–C–N with tert-alkyl or cyclic N) is 1. The summed E-state index contributed by atoms with van der Waals surface area (Å²) in [5.41, 5.74) is 2.12. The minimum atomic E-state index is -0.792. The average molecular weight is 250 g/mol. The molecular weight excluding hydrogens is 232 g/mol. The number of nitrogens with one attached hydrogen (secondary N) is 1. The molecule has 0 radical (unpaired) electrons. The Hall–Kier alpha value is -1.66. The number of rotatable bonds is 2. The predicted octanol–water partition coefficient (Wildman–Crippen LogP) is 0.354. The van der Waals surface area contributed by atoms with E-state index in [9.17, 15) is 9.90 Å². The maximum absolute atomic E-state index is 12.2. The molecule has 18 heavy (non-hydrogen) atoms. The van der Waals surface area contributed by atoms with E-state index >= 15 is 0 Å². The number of hydrazine groups is 1. The van der Waals surface area contributed by atoms with E-state index in [4.69, 9.17) is 5.84 Å². The summed E-state index contributed by atoms with van der Waals surface area (Å²) in [4.78, 5) is 17.9. The average Bonchev–Trinajstić information content (AvgIpc) is 2.37. The van der Waals surface area contributed by atoms with Crippen molar-refractivity contribution in [3.63, 3.8) is 0 Å². The van der Waals surface area contributed by atoms with Gasteiger partial charge in [0.2, 0.25) is 0 Å². The molecule has 0 saturated carbocycles. The highest BCUT2D eigenvalue weighted by molar-refractivity contribution is 5.94. The molecule has 98 valence electrons. The Morgan fingerprint density at radius 3 is 2.94 bits per heavy atom. The molecule has 0 spiro atoms. The van der Waals surface area contributed by atoms with Crippen LogP contribution < -0.4 is 11.3 Å². The molecule has 1 saturated heterocycles. The van der Waals surface area contributed by atoms with Crippen molar-refractivity contribution in [1.29, 1.82) is 0 Å². The second-order valence-corrected chi connectivity index (χ2v) is 4.90. The van der Waals surface area contributed by atoms with Crippen molar-refractivity contribution in [1.82, 2.24) is 9.88 Å². The Morgan fingerprint density at radius 1 is 1.61 bits per heavy atom. The molecule has 1 aliphatic heterocycles. The van der Waals surface area contributed by atoms with Crippen LogP contribution in [-0.4, -0.2) is 39.6 Å². The lowest BCUT2D eigenvalue weighted by Crippen LogP contribution is -2.48. The van der Waals surface area contributed by atoms with E-state index in [-0.39, 0.29) is 5.91 Å². The highest BCUT2D eigenvalue weighted by atomic mass is 16.3. The van der Waals surface area contributed by atoms with E-state index in [0.717, 1.165) is 12.8 Å². The van der Waals surface area contributed by atoms with Gasteiger partial charge in [0.15, 0.2) is 0 Å². The number of amides is 1. The van der Waals surface area contributed by atoms with Gasteiger partial charge >= 0.3 is 0 Å². The van der Waals surface area contributed by atoms with Crippen molar-refractivity contribution < 1.29 is 9.90 Å². The normalized spacial score (nSPS) is 23.8. The molecule has 0 bridgehead atoms. The summed E-state index contributed by atoms with van der Waals surface area (Å²) in [7, 11) is 0. The highest BCUT2D eigenvalue weighted by Crippen LogP contribution is 2.21. The van der Waals surface area contributed by atoms with Gasteiger partial charge in [-0.25, -0.2) is 10.8 Å². The minimum absolute atomic E-state index is 0.106. The number of nitrogen functional groups attached to an aromatic ring is 1. The van der Waals surface area contributed by atoms with Crippen LogP contribution in [0, 0.1) is 0 Å². The summed E-state index contributed by atoms with van der Waals surface area (Å²) in [5.74, 6) is 5.62. The van der Waals surface area contributed by atoms with E-state index < -0.39 is 5.60 Å². The number of anilines is 1. The Kier molecular flexibility index (Phi) is 3.49. The number of piperidine rings is 1. The Labute approximate surface area is 106 Å². The number of nitrogens with two attached hydrogens (primary N) is 1. The Balaban J connectivity index is 2.10. The van der Waals surface area contributed by atoms with Gasteiger partial charge in [0.1, 0.15) is 5.82 Å². The quantitative estimate of drug-likeness (QED) is 0.520. The molecule has 2 rings (SSSR count). The first-order valence-corrected chi connectivity index (χ1v) is 5.96. The molecule has 2 heterocycles. The first-order valence-electron chi connectivity index (χ1n) is 5.96. The van der Waals surface area contributed by atoms with Gasteiger partial charge in [-0.05, 0) is 31.9 Å². The number of hydrogen-bond donors (Lipinski definition) is 3. The fourth-order valence-corrected chi connectivity index (χ4v) is 2.18. The molecule has 1 aromatic heterocycles. The number of carbonyl (C=O) groups is 1. The van der Waals surface area contributed by atoms with E-state index in [0.29, 0.717) is 24.5 Å². The van der Waals surface area contributed by atoms with Crippen molar-refractivity contribution in [3.05, 3.63) is 23.9 Å². The molecule has 0 aromatic carbocycles. The number of likely N-dealkylation sites (tertiary alicyclic amines) is 1. The third-order valence-corrected chi connectivity index (χ3v) is 3.12. The number of aromatic nitrogens is 1. The lowest BCUT2D eigenvalue weighted by atomic mass is 9.95. The second-order valence-electron chi connectivity index (χ2n) is 4.90. The largest absolute Gasteiger partial charge is 0.388 e. The first-order chi connectivity index (χ1) is 8.52. The maximum Gasteiger partial charge on any atom is 0.255 e. The van der Waals surface area contributed by atoms with Crippen LogP contribution in [0.1, 0.15) is 30.1 Å². The maximum atomic E-state index is 12.2. The minimum Gasteiger partial charge on any atom is -0.388 e. The van der Waals surface area contributed by atoms with Gasteiger partial charge in [-0.2, -0.15) is 0 Å². The van der Waals surface area contributed by atoms with Crippen molar-refractivity contribution in [3.8, 4) is 0 Å². The van der Waals surface area contributed by atoms with Gasteiger partial charge in [-0.15, -0.1) is 0 Å². The molecule has 1 amide bonds. The highest BCUT2D eigenvalue weighted by Gasteiger charge is 2.31. The molecule has 4 N–H and O–H groups in total. The summed E-state index contributed by atoms with van der Waals surface area (Å²) in [5, 5.41) is 9.99. The van der Waals surface area contributed by atoms with Crippen LogP contribution in [0.3, 0.4) is 0 Å². The summed E-state index contributed by atoms with van der Waals surface area (Å²) in [6.07, 6.45) is 3.03. The zero-order valence-corrected chi connectivity index (χ0v) is 10.4. The molecular formula is C12H18N4O2. The predicted molar refractivity (Wildman–Crippen MR) is 67.8 cm³/mol. The smallest absolute Gasteiger partial charge is 0.255 e. The standard InChI is InChI=1S/C12H18N4O2/c1-12(18)5-2-6-16(8-12)11(17)9-3-4-10(15-13)14-7-9/h3-4,7,18H,2,5-6,8,13H2,1H3,(H,14,15). The molecule has 0 aliphatic carbocycles. The van der Waals surface area contributed by atoms with Crippen LogP contribution in [-0.2, 0) is 0 Å². The molecule has 1 aliphatic rings. The van der Waals surface area contributed by atoms with Crippen LogP contribution >= 0.6 is 0 Å². The van der Waals surface area contributed by atoms with E-state index in [1.54, 1.807) is 24.0 Å². The summed E-state index contributed by atoms with van der Waals surface area (Å²) in [6, 6.07) is 3.32. The number of aliphatic hydroxyl groups is 1. The van der Waals surface area contributed by atoms with Crippen LogP contribution in [0.4, 0.5) is 5.82 Å². The Bertz CT molecular complexity index is 430. The molecule has 1 fully saturated rings. The fourth-order valence-electron chi connectivity index (χ4n) is 2.18. The van der Waals surface area contributed by atoms with E-state index in [1.165, 1.54) is 6.20 Å². The third-order valence-electron chi connectivity index (χ3n) is 3.12. The van der Waals surface area contributed by atoms with Gasteiger partial charge < -0.3 is 15.4 Å². The van der Waals surface area contributed by atoms with E-state index in [1.807, 2.05) is 0 Å². The lowest BCUT2D eigenvalue weighted by Gasteiger charge is -2.36. The van der Waals surface area contributed by atoms with Gasteiger partial charge in [0.25, 0.3) is 5.91 Å². The molecule has 1 atom stereocenters. The summed E-state index contributed by atoms with van der Waals surface area (Å²) < 4.78 is 0. The Morgan fingerprint density at radius 2 is 2.39 bits per heavy atom. The summed E-state index contributed by atoms with van der Waals surface area (Å²) in [6.45, 7) is 2.79. The second kappa shape index (κ2) is 4.91.